The fourth-order valence-corrected chi connectivity index (χ4v) is 1.67. The number of rotatable bonds is 1. The standard InChI is InChI=1S/C10H11F3N2/c11-10(12,13)8-3-1-7(2-4-8)9-5-6-14-15-9/h1-3,8,14H,4-6H2. The molecule has 1 heterocycles. The maximum Gasteiger partial charge on any atom is 0.395 e. The number of allylic oxidation sites excluding steroid dienone is 4. The largest absolute Gasteiger partial charge is 0.395 e. The Morgan fingerprint density at radius 3 is 2.67 bits per heavy atom. The van der Waals surface area contributed by atoms with Gasteiger partial charge in [0.15, 0.2) is 0 Å². The minimum Gasteiger partial charge on any atom is -0.309 e. The monoisotopic (exact) mass is 216 g/mol. The van der Waals surface area contributed by atoms with Gasteiger partial charge < -0.3 is 5.43 Å². The van der Waals surface area contributed by atoms with Crippen LogP contribution in [0, 0.1) is 5.92 Å². The molecule has 0 saturated carbocycles. The van der Waals surface area contributed by atoms with E-state index in [9.17, 15) is 13.2 Å². The first-order chi connectivity index (χ1) is 7.07. The average molecular weight is 216 g/mol. The van der Waals surface area contributed by atoms with Crippen molar-refractivity contribution in [2.45, 2.75) is 19.0 Å². The van der Waals surface area contributed by atoms with Crippen LogP contribution in [-0.2, 0) is 0 Å². The average Bonchev–Trinajstić information content (AvgIpc) is 2.69. The van der Waals surface area contributed by atoms with Crippen LogP contribution < -0.4 is 5.43 Å². The van der Waals surface area contributed by atoms with E-state index in [1.807, 2.05) is 0 Å². The number of halogens is 3. The van der Waals surface area contributed by atoms with E-state index in [0.29, 0.717) is 0 Å². The van der Waals surface area contributed by atoms with Gasteiger partial charge in [-0.2, -0.15) is 18.3 Å². The maximum atomic E-state index is 12.3. The molecule has 0 aromatic carbocycles. The Bertz CT molecular complexity index is 339. The number of hydrazone groups is 1. The van der Waals surface area contributed by atoms with Gasteiger partial charge in [0.1, 0.15) is 0 Å². The van der Waals surface area contributed by atoms with Gasteiger partial charge in [0.05, 0.1) is 11.6 Å². The molecule has 0 bridgehead atoms. The fourth-order valence-electron chi connectivity index (χ4n) is 1.67. The molecule has 1 aliphatic heterocycles. The van der Waals surface area contributed by atoms with Crippen molar-refractivity contribution in [2.75, 3.05) is 6.54 Å². The maximum absolute atomic E-state index is 12.3. The highest BCUT2D eigenvalue weighted by Crippen LogP contribution is 2.33. The molecule has 1 N–H and O–H groups in total. The van der Waals surface area contributed by atoms with Crippen LogP contribution in [0.1, 0.15) is 12.8 Å². The molecule has 1 unspecified atom stereocenters. The Morgan fingerprint density at radius 2 is 2.20 bits per heavy atom. The summed E-state index contributed by atoms with van der Waals surface area (Å²) >= 11 is 0. The molecule has 2 nitrogen and oxygen atoms in total. The van der Waals surface area contributed by atoms with E-state index in [1.165, 1.54) is 12.2 Å². The third kappa shape index (κ3) is 2.22. The number of hydrogen-bond donors (Lipinski definition) is 1. The molecule has 0 spiro atoms. The quantitative estimate of drug-likeness (QED) is 0.715. The van der Waals surface area contributed by atoms with Crippen molar-refractivity contribution in [1.82, 2.24) is 5.43 Å². The molecular formula is C10H11F3N2. The number of hydrogen-bond acceptors (Lipinski definition) is 2. The normalized spacial score (nSPS) is 25.9. The molecule has 0 aromatic heterocycles. The van der Waals surface area contributed by atoms with Gasteiger partial charge in [-0.3, -0.25) is 0 Å². The Morgan fingerprint density at radius 1 is 1.40 bits per heavy atom. The summed E-state index contributed by atoms with van der Waals surface area (Å²) in [6, 6.07) is 0. The second-order valence-corrected chi connectivity index (χ2v) is 3.62. The molecule has 1 atom stereocenters. The molecule has 0 fully saturated rings. The van der Waals surface area contributed by atoms with Crippen molar-refractivity contribution in [1.29, 1.82) is 0 Å². The van der Waals surface area contributed by atoms with Gasteiger partial charge in [-0.15, -0.1) is 0 Å². The zero-order chi connectivity index (χ0) is 10.9. The summed E-state index contributed by atoms with van der Waals surface area (Å²) in [4.78, 5) is 0. The van der Waals surface area contributed by atoms with Crippen LogP contribution in [0.2, 0.25) is 0 Å². The van der Waals surface area contributed by atoms with Crippen molar-refractivity contribution < 1.29 is 13.2 Å². The molecule has 2 rings (SSSR count). The minimum absolute atomic E-state index is 0.0222. The third-order valence-corrected chi connectivity index (χ3v) is 2.54. The van der Waals surface area contributed by atoms with Crippen molar-refractivity contribution in [3.8, 4) is 0 Å². The molecule has 0 amide bonds. The van der Waals surface area contributed by atoms with E-state index in [1.54, 1.807) is 6.08 Å². The fraction of sp³-hybridized carbons (Fsp3) is 0.500. The van der Waals surface area contributed by atoms with Crippen molar-refractivity contribution in [3.05, 3.63) is 23.8 Å². The summed E-state index contributed by atoms with van der Waals surface area (Å²) in [5, 5.41) is 4.01. The van der Waals surface area contributed by atoms with E-state index >= 15 is 0 Å². The van der Waals surface area contributed by atoms with Crippen LogP contribution in [0.25, 0.3) is 0 Å². The van der Waals surface area contributed by atoms with E-state index in [-0.39, 0.29) is 6.42 Å². The predicted octanol–water partition coefficient (Wildman–Crippen LogP) is 2.40. The van der Waals surface area contributed by atoms with E-state index < -0.39 is 12.1 Å². The van der Waals surface area contributed by atoms with E-state index in [0.717, 1.165) is 24.3 Å². The van der Waals surface area contributed by atoms with Gasteiger partial charge in [-0.05, 0) is 12.0 Å². The highest BCUT2D eigenvalue weighted by Gasteiger charge is 2.37. The minimum atomic E-state index is -4.13. The molecule has 0 aromatic rings. The molecular weight excluding hydrogens is 205 g/mol. The lowest BCUT2D eigenvalue weighted by atomic mass is 9.93. The van der Waals surface area contributed by atoms with Crippen LogP contribution in [0.3, 0.4) is 0 Å². The van der Waals surface area contributed by atoms with Gasteiger partial charge in [-0.1, -0.05) is 18.2 Å². The Hall–Kier alpha value is -1.26. The number of alkyl halides is 3. The number of nitrogens with one attached hydrogen (secondary N) is 1. The second kappa shape index (κ2) is 3.72. The van der Waals surface area contributed by atoms with Crippen molar-refractivity contribution in [3.63, 3.8) is 0 Å². The molecule has 5 heteroatoms. The van der Waals surface area contributed by atoms with Crippen LogP contribution in [0.4, 0.5) is 13.2 Å². The molecule has 1 aliphatic carbocycles. The Balaban J connectivity index is 2.05. The third-order valence-electron chi connectivity index (χ3n) is 2.54. The van der Waals surface area contributed by atoms with Crippen LogP contribution >= 0.6 is 0 Å². The molecule has 82 valence electrons. The van der Waals surface area contributed by atoms with E-state index in [2.05, 4.69) is 10.5 Å². The van der Waals surface area contributed by atoms with Crippen LogP contribution in [0.15, 0.2) is 28.9 Å². The van der Waals surface area contributed by atoms with E-state index in [4.69, 9.17) is 0 Å². The first kappa shape index (κ1) is 10.3. The summed E-state index contributed by atoms with van der Waals surface area (Å²) in [7, 11) is 0. The van der Waals surface area contributed by atoms with Gasteiger partial charge in [0, 0.05) is 13.0 Å². The van der Waals surface area contributed by atoms with Gasteiger partial charge in [-0.25, -0.2) is 0 Å². The van der Waals surface area contributed by atoms with Crippen LogP contribution in [-0.4, -0.2) is 18.4 Å². The molecule has 0 saturated heterocycles. The summed E-state index contributed by atoms with van der Waals surface area (Å²) < 4.78 is 37.0. The Kier molecular flexibility index (Phi) is 2.54. The highest BCUT2D eigenvalue weighted by atomic mass is 19.4. The SMILES string of the molecule is FC(F)(F)C1C=CC(C2=NNCC2)=CC1. The highest BCUT2D eigenvalue weighted by molar-refractivity contribution is 6.03. The zero-order valence-corrected chi connectivity index (χ0v) is 8.01. The van der Waals surface area contributed by atoms with Crippen LogP contribution in [0.5, 0.6) is 0 Å². The lowest BCUT2D eigenvalue weighted by Crippen LogP contribution is -2.22. The molecule has 2 aliphatic rings. The zero-order valence-electron chi connectivity index (χ0n) is 8.01. The smallest absolute Gasteiger partial charge is 0.309 e. The Labute approximate surface area is 85.5 Å². The first-order valence-corrected chi connectivity index (χ1v) is 4.82. The predicted molar refractivity (Wildman–Crippen MR) is 51.4 cm³/mol. The summed E-state index contributed by atoms with van der Waals surface area (Å²) in [5.41, 5.74) is 4.48. The van der Waals surface area contributed by atoms with Crippen molar-refractivity contribution in [2.24, 2.45) is 11.0 Å². The summed E-state index contributed by atoms with van der Waals surface area (Å²) in [6.45, 7) is 0.767. The second-order valence-electron chi connectivity index (χ2n) is 3.62. The van der Waals surface area contributed by atoms with Crippen molar-refractivity contribution >= 4 is 5.71 Å². The summed E-state index contributed by atoms with van der Waals surface area (Å²) in [6.07, 6.45) is 1.03. The summed E-state index contributed by atoms with van der Waals surface area (Å²) in [5.74, 6) is -1.34. The number of nitrogens with zero attached hydrogens (tertiary/aromatic N) is 1. The molecule has 15 heavy (non-hydrogen) atoms. The molecule has 0 radical (unpaired) electrons. The first-order valence-electron chi connectivity index (χ1n) is 4.82. The lowest BCUT2D eigenvalue weighted by Gasteiger charge is -2.18. The van der Waals surface area contributed by atoms with Gasteiger partial charge >= 0.3 is 6.18 Å². The topological polar surface area (TPSA) is 24.4 Å². The van der Waals surface area contributed by atoms with Gasteiger partial charge in [0.2, 0.25) is 0 Å². The van der Waals surface area contributed by atoms with Gasteiger partial charge in [0.25, 0.3) is 0 Å². The lowest BCUT2D eigenvalue weighted by molar-refractivity contribution is -0.160.